The number of nitrogens with one attached hydrogen (secondary N) is 2. The van der Waals surface area contributed by atoms with Crippen LogP contribution in [-0.4, -0.2) is 11.2 Å². The van der Waals surface area contributed by atoms with Gasteiger partial charge in [0.25, 0.3) is 0 Å². The smallest absolute Gasteiger partial charge is 0.419 e. The lowest BCUT2D eigenvalue weighted by Crippen LogP contribution is -2.35. The lowest BCUT2D eigenvalue weighted by atomic mass is 10.2. The van der Waals surface area contributed by atoms with Gasteiger partial charge in [-0.3, -0.25) is 5.43 Å². The third kappa shape index (κ3) is 3.41. The molecular weight excluding hydrogens is 227 g/mol. The van der Waals surface area contributed by atoms with Crippen molar-refractivity contribution in [1.82, 2.24) is 10.9 Å². The minimum Gasteiger partial charge on any atom is -0.464 e. The minimum absolute atomic E-state index is 0.350. The van der Waals surface area contributed by atoms with Gasteiger partial charge in [-0.1, -0.05) is 29.3 Å². The van der Waals surface area contributed by atoms with Gasteiger partial charge < -0.3 is 5.11 Å². The molecule has 0 heterocycles. The summed E-state index contributed by atoms with van der Waals surface area (Å²) in [5.74, 6) is 0. The highest BCUT2D eigenvalue weighted by molar-refractivity contribution is 6.42. The maximum Gasteiger partial charge on any atom is 0.419 e. The fourth-order valence-electron chi connectivity index (χ4n) is 0.871. The predicted molar refractivity (Wildman–Crippen MR) is 54.5 cm³/mol. The van der Waals surface area contributed by atoms with Crippen LogP contribution in [0.4, 0.5) is 4.79 Å². The molecule has 0 aliphatic carbocycles. The Balaban J connectivity index is 2.51. The molecule has 0 saturated heterocycles. The second-order valence-corrected chi connectivity index (χ2v) is 3.35. The Labute approximate surface area is 90.8 Å². The highest BCUT2D eigenvalue weighted by Gasteiger charge is 1.99. The van der Waals surface area contributed by atoms with Gasteiger partial charge in [-0.25, -0.2) is 10.2 Å². The van der Waals surface area contributed by atoms with Crippen LogP contribution in [0.3, 0.4) is 0 Å². The monoisotopic (exact) mass is 234 g/mol. The minimum atomic E-state index is -1.13. The van der Waals surface area contributed by atoms with Gasteiger partial charge in [0.2, 0.25) is 0 Å². The zero-order valence-electron chi connectivity index (χ0n) is 7.05. The van der Waals surface area contributed by atoms with Crippen molar-refractivity contribution in [3.63, 3.8) is 0 Å². The molecule has 0 aromatic heterocycles. The van der Waals surface area contributed by atoms with Crippen LogP contribution in [0.5, 0.6) is 0 Å². The molecule has 0 aliphatic rings. The number of hydrogen-bond acceptors (Lipinski definition) is 2. The van der Waals surface area contributed by atoms with Crippen molar-refractivity contribution < 1.29 is 9.90 Å². The van der Waals surface area contributed by atoms with E-state index in [1.54, 1.807) is 18.2 Å². The molecule has 0 unspecified atom stereocenters. The van der Waals surface area contributed by atoms with Crippen LogP contribution < -0.4 is 10.9 Å². The molecule has 0 bridgehead atoms. The van der Waals surface area contributed by atoms with Crippen molar-refractivity contribution in [1.29, 1.82) is 0 Å². The average molecular weight is 235 g/mol. The van der Waals surface area contributed by atoms with Crippen LogP contribution in [0.15, 0.2) is 18.2 Å². The van der Waals surface area contributed by atoms with Crippen LogP contribution in [0, 0.1) is 0 Å². The van der Waals surface area contributed by atoms with E-state index in [1.807, 2.05) is 5.43 Å². The molecule has 1 aromatic rings. The average Bonchev–Trinajstić information content (AvgIpc) is 2.10. The molecule has 1 rings (SSSR count). The maximum atomic E-state index is 10.1. The number of halogens is 2. The van der Waals surface area contributed by atoms with E-state index >= 15 is 0 Å². The molecule has 6 heteroatoms. The molecule has 0 radical (unpaired) electrons. The Morgan fingerprint density at radius 1 is 1.36 bits per heavy atom. The first kappa shape index (κ1) is 11.1. The van der Waals surface area contributed by atoms with Gasteiger partial charge in [0.15, 0.2) is 0 Å². The summed E-state index contributed by atoms with van der Waals surface area (Å²) in [5.41, 5.74) is 5.36. The molecule has 4 nitrogen and oxygen atoms in total. The summed E-state index contributed by atoms with van der Waals surface area (Å²) < 4.78 is 0. The fourth-order valence-corrected chi connectivity index (χ4v) is 1.19. The molecule has 14 heavy (non-hydrogen) atoms. The number of hydrogen-bond donors (Lipinski definition) is 3. The number of carboxylic acid groups (broad SMARTS) is 1. The Bertz CT molecular complexity index is 344. The lowest BCUT2D eigenvalue weighted by molar-refractivity contribution is 0.189. The van der Waals surface area contributed by atoms with Crippen LogP contribution in [-0.2, 0) is 6.54 Å². The predicted octanol–water partition coefficient (Wildman–Crippen LogP) is 2.27. The summed E-state index contributed by atoms with van der Waals surface area (Å²) in [7, 11) is 0. The Kier molecular flexibility index (Phi) is 4.00. The number of rotatable bonds is 3. The molecule has 0 atom stereocenters. The largest absolute Gasteiger partial charge is 0.464 e. The second-order valence-electron chi connectivity index (χ2n) is 2.53. The third-order valence-electron chi connectivity index (χ3n) is 1.47. The SMILES string of the molecule is O=C(O)NNCc1ccc(Cl)c(Cl)c1. The van der Waals surface area contributed by atoms with Gasteiger partial charge in [-0.15, -0.1) is 0 Å². The number of carbonyl (C=O) groups is 1. The summed E-state index contributed by atoms with van der Waals surface area (Å²) in [6.07, 6.45) is -1.13. The number of hydrazine groups is 1. The van der Waals surface area contributed by atoms with Crippen molar-refractivity contribution >= 4 is 29.3 Å². The Morgan fingerprint density at radius 2 is 2.07 bits per heavy atom. The third-order valence-corrected chi connectivity index (χ3v) is 2.21. The van der Waals surface area contributed by atoms with E-state index < -0.39 is 6.09 Å². The van der Waals surface area contributed by atoms with Gasteiger partial charge in [0.05, 0.1) is 10.0 Å². The van der Waals surface area contributed by atoms with E-state index in [0.717, 1.165) is 5.56 Å². The van der Waals surface area contributed by atoms with Crippen molar-refractivity contribution in [2.45, 2.75) is 6.54 Å². The van der Waals surface area contributed by atoms with E-state index in [-0.39, 0.29) is 0 Å². The van der Waals surface area contributed by atoms with Crippen molar-refractivity contribution in [2.75, 3.05) is 0 Å². The first-order valence-corrected chi connectivity index (χ1v) is 4.51. The van der Waals surface area contributed by atoms with Crippen LogP contribution >= 0.6 is 23.2 Å². The summed E-state index contributed by atoms with van der Waals surface area (Å²) in [6, 6.07) is 5.08. The summed E-state index contributed by atoms with van der Waals surface area (Å²) >= 11 is 11.5. The zero-order valence-corrected chi connectivity index (χ0v) is 8.56. The molecule has 0 spiro atoms. The van der Waals surface area contributed by atoms with E-state index in [2.05, 4.69) is 5.43 Å². The van der Waals surface area contributed by atoms with Gasteiger partial charge in [-0.2, -0.15) is 0 Å². The molecule has 0 saturated carbocycles. The van der Waals surface area contributed by atoms with E-state index in [9.17, 15) is 4.79 Å². The Hall–Kier alpha value is -0.970. The maximum absolute atomic E-state index is 10.1. The molecule has 0 aliphatic heterocycles. The molecule has 1 aromatic carbocycles. The zero-order chi connectivity index (χ0) is 10.6. The van der Waals surface area contributed by atoms with Gasteiger partial charge >= 0.3 is 6.09 Å². The first-order valence-electron chi connectivity index (χ1n) is 3.75. The topological polar surface area (TPSA) is 61.4 Å². The highest BCUT2D eigenvalue weighted by atomic mass is 35.5. The number of amides is 1. The van der Waals surface area contributed by atoms with Crippen LogP contribution in [0.1, 0.15) is 5.56 Å². The molecule has 0 fully saturated rings. The van der Waals surface area contributed by atoms with Crippen molar-refractivity contribution in [2.24, 2.45) is 0 Å². The first-order chi connectivity index (χ1) is 6.59. The quantitative estimate of drug-likeness (QED) is 0.704. The van der Waals surface area contributed by atoms with E-state index in [4.69, 9.17) is 28.3 Å². The molecule has 1 amide bonds. The molecule has 76 valence electrons. The fraction of sp³-hybridized carbons (Fsp3) is 0.125. The van der Waals surface area contributed by atoms with Gasteiger partial charge in [0, 0.05) is 6.54 Å². The number of benzene rings is 1. The lowest BCUT2D eigenvalue weighted by Gasteiger charge is -2.04. The standard InChI is InChI=1S/C8H8Cl2N2O2/c9-6-2-1-5(3-7(6)10)4-11-12-8(13)14/h1-3,11-12H,4H2,(H,13,14). The summed E-state index contributed by atoms with van der Waals surface area (Å²) in [5, 5.41) is 9.19. The summed E-state index contributed by atoms with van der Waals surface area (Å²) in [6.45, 7) is 0.350. The van der Waals surface area contributed by atoms with Crippen molar-refractivity contribution in [3.05, 3.63) is 33.8 Å². The molecule has 3 N–H and O–H groups in total. The van der Waals surface area contributed by atoms with Gasteiger partial charge in [-0.05, 0) is 17.7 Å². The Morgan fingerprint density at radius 3 is 2.64 bits per heavy atom. The van der Waals surface area contributed by atoms with Crippen LogP contribution in [0.2, 0.25) is 10.0 Å². The molecular formula is C8H8Cl2N2O2. The van der Waals surface area contributed by atoms with Crippen molar-refractivity contribution in [3.8, 4) is 0 Å². The van der Waals surface area contributed by atoms with Crippen LogP contribution in [0.25, 0.3) is 0 Å². The van der Waals surface area contributed by atoms with Gasteiger partial charge in [0.1, 0.15) is 0 Å². The van der Waals surface area contributed by atoms with E-state index in [0.29, 0.717) is 16.6 Å². The van der Waals surface area contributed by atoms with E-state index in [1.165, 1.54) is 0 Å². The normalized spacial score (nSPS) is 9.86. The summed E-state index contributed by atoms with van der Waals surface area (Å²) in [4.78, 5) is 10.1. The second kappa shape index (κ2) is 5.05. The highest BCUT2D eigenvalue weighted by Crippen LogP contribution is 2.22.